The fourth-order valence-corrected chi connectivity index (χ4v) is 2.41. The second-order valence-corrected chi connectivity index (χ2v) is 5.95. The second kappa shape index (κ2) is 8.30. The quantitative estimate of drug-likeness (QED) is 0.232. The van der Waals surface area contributed by atoms with Gasteiger partial charge in [0.05, 0.1) is 11.4 Å². The number of anilines is 1. The third-order valence-corrected chi connectivity index (χ3v) is 3.82. The smallest absolute Gasteiger partial charge is 0.426 e. The highest BCUT2D eigenvalue weighted by molar-refractivity contribution is 6.13. The molecule has 29 heavy (non-hydrogen) atoms. The van der Waals surface area contributed by atoms with Gasteiger partial charge in [-0.15, -0.1) is 0 Å². The molecule has 0 radical (unpaired) electrons. The van der Waals surface area contributed by atoms with E-state index in [1.807, 2.05) is 60.7 Å². The van der Waals surface area contributed by atoms with Gasteiger partial charge in [0.25, 0.3) is 0 Å². The highest BCUT2D eigenvalue weighted by Gasteiger charge is 2.61. The zero-order valence-electron chi connectivity index (χ0n) is 14.8. The number of halogens is 5. The fraction of sp³-hybridized carbons (Fsp3) is 0.0952. The number of ether oxygens (including phenoxy) is 1. The molecule has 3 aromatic carbocycles. The maximum atomic E-state index is 13.0. The first-order valence-corrected chi connectivity index (χ1v) is 8.44. The van der Waals surface area contributed by atoms with Crippen LogP contribution in [0.25, 0.3) is 0 Å². The van der Waals surface area contributed by atoms with E-state index in [1.54, 1.807) is 0 Å². The van der Waals surface area contributed by atoms with Gasteiger partial charge in [-0.05, 0) is 24.3 Å². The molecule has 8 heteroatoms. The van der Waals surface area contributed by atoms with Gasteiger partial charge in [0.1, 0.15) is 5.75 Å². The van der Waals surface area contributed by atoms with Crippen LogP contribution in [0.15, 0.2) is 90.0 Å². The van der Waals surface area contributed by atoms with E-state index in [2.05, 4.69) is 15.3 Å². The highest BCUT2D eigenvalue weighted by atomic mass is 19.4. The number of benzene rings is 3. The van der Waals surface area contributed by atoms with Crippen LogP contribution in [0.4, 0.5) is 27.6 Å². The molecule has 0 spiro atoms. The van der Waals surface area contributed by atoms with Crippen molar-refractivity contribution in [3.8, 4) is 5.75 Å². The summed E-state index contributed by atoms with van der Waals surface area (Å²) in [5.74, 6) is -0.617. The first kappa shape index (κ1) is 20.3. The molecule has 1 N–H and O–H groups in total. The van der Waals surface area contributed by atoms with Crippen molar-refractivity contribution in [3.63, 3.8) is 0 Å². The number of hydrazone groups is 1. The average Bonchev–Trinajstić information content (AvgIpc) is 2.70. The Morgan fingerprint density at radius 2 is 1.17 bits per heavy atom. The van der Waals surface area contributed by atoms with Crippen molar-refractivity contribution in [1.82, 2.24) is 0 Å². The van der Waals surface area contributed by atoms with E-state index in [1.165, 1.54) is 12.1 Å². The van der Waals surface area contributed by atoms with E-state index < -0.39 is 18.0 Å². The number of hydrogen-bond acceptors (Lipinski definition) is 3. The Morgan fingerprint density at radius 1 is 0.690 bits per heavy atom. The van der Waals surface area contributed by atoms with Gasteiger partial charge in [-0.2, -0.15) is 27.1 Å². The number of nitrogens with zero attached hydrogens (tertiary/aromatic N) is 1. The Morgan fingerprint density at radius 3 is 1.62 bits per heavy atom. The first-order valence-electron chi connectivity index (χ1n) is 8.44. The SMILES string of the molecule is FC(F)(F)C(F)(F)Oc1ccc([15NH][15N]=C(c2ccccc2)c2ccccc2)cc1. The van der Waals surface area contributed by atoms with Gasteiger partial charge in [0, 0.05) is 11.1 Å². The summed E-state index contributed by atoms with van der Waals surface area (Å²) in [6, 6.07) is 23.3. The van der Waals surface area contributed by atoms with Gasteiger partial charge in [-0.1, -0.05) is 60.7 Å². The van der Waals surface area contributed by atoms with Crippen LogP contribution < -0.4 is 10.2 Å². The predicted octanol–water partition coefficient (Wildman–Crippen LogP) is 6.09. The summed E-state index contributed by atoms with van der Waals surface area (Å²) in [6.07, 6.45) is -11.1. The monoisotopic (exact) mass is 408 g/mol. The molecule has 0 aromatic heterocycles. The molecule has 3 rings (SSSR count). The van der Waals surface area contributed by atoms with E-state index in [0.29, 0.717) is 11.4 Å². The van der Waals surface area contributed by atoms with E-state index in [-0.39, 0.29) is 0 Å². The van der Waals surface area contributed by atoms with Gasteiger partial charge < -0.3 is 4.74 Å². The van der Waals surface area contributed by atoms with Gasteiger partial charge in [-0.3, -0.25) is 5.43 Å². The molecular weight excluding hydrogens is 393 g/mol. The summed E-state index contributed by atoms with van der Waals surface area (Å²) in [5, 5.41) is 4.38. The minimum Gasteiger partial charge on any atom is -0.426 e. The summed E-state index contributed by atoms with van der Waals surface area (Å²) in [7, 11) is 0. The Bertz CT molecular complexity index is 914. The second-order valence-electron chi connectivity index (χ2n) is 5.95. The molecule has 0 aliphatic rings. The molecule has 0 aliphatic carbocycles. The molecule has 0 fully saturated rings. The lowest BCUT2D eigenvalue weighted by atomic mass is 10.0. The van der Waals surface area contributed by atoms with Crippen LogP contribution in [0.3, 0.4) is 0 Å². The van der Waals surface area contributed by atoms with Crippen molar-refractivity contribution in [1.29, 1.82) is 0 Å². The van der Waals surface area contributed by atoms with Crippen molar-refractivity contribution >= 4 is 11.4 Å². The normalized spacial score (nSPS) is 11.6. The summed E-state index contributed by atoms with van der Waals surface area (Å²) in [6.45, 7) is 0. The molecule has 0 saturated carbocycles. The predicted molar refractivity (Wildman–Crippen MR) is 100 cm³/mol. The molecule has 3 nitrogen and oxygen atoms in total. The topological polar surface area (TPSA) is 33.6 Å². The Balaban J connectivity index is 1.80. The number of rotatable bonds is 6. The lowest BCUT2D eigenvalue weighted by Crippen LogP contribution is -2.41. The van der Waals surface area contributed by atoms with Gasteiger partial charge in [0.15, 0.2) is 0 Å². The zero-order chi connectivity index (χ0) is 20.9. The van der Waals surface area contributed by atoms with E-state index in [4.69, 9.17) is 0 Å². The van der Waals surface area contributed by atoms with Crippen LogP contribution in [0.2, 0.25) is 0 Å². The Kier molecular flexibility index (Phi) is 5.81. The fourth-order valence-electron chi connectivity index (χ4n) is 2.41. The molecule has 0 aliphatic heterocycles. The lowest BCUT2D eigenvalue weighted by Gasteiger charge is -2.20. The molecule has 0 heterocycles. The van der Waals surface area contributed by atoms with Crippen molar-refractivity contribution in [2.24, 2.45) is 5.10 Å². The molecule has 0 unspecified atom stereocenters. The highest BCUT2D eigenvalue weighted by Crippen LogP contribution is 2.37. The maximum Gasteiger partial charge on any atom is 0.499 e. The minimum absolute atomic E-state index is 0.386. The molecule has 3 aromatic rings. The summed E-state index contributed by atoms with van der Waals surface area (Å²) in [4.78, 5) is 0. The summed E-state index contributed by atoms with van der Waals surface area (Å²) < 4.78 is 66.4. The summed E-state index contributed by atoms with van der Waals surface area (Å²) in [5.41, 5.74) is 5.49. The summed E-state index contributed by atoms with van der Waals surface area (Å²) >= 11 is 0. The first-order chi connectivity index (χ1) is 13.8. The largest absolute Gasteiger partial charge is 0.499 e. The third kappa shape index (κ3) is 5.10. The van der Waals surface area contributed by atoms with E-state index >= 15 is 0 Å². The van der Waals surface area contributed by atoms with Crippen LogP contribution in [-0.4, -0.2) is 18.0 Å². The Hall–Kier alpha value is -3.42. The van der Waals surface area contributed by atoms with Gasteiger partial charge in [-0.25, -0.2) is 0 Å². The average molecular weight is 408 g/mol. The number of nitrogens with one attached hydrogen (secondary N) is 1. The standard InChI is InChI=1S/C21H15F5N2O/c22-20(23,24)21(25,26)29-18-13-11-17(12-14-18)27-28-19(15-7-3-1-4-8-15)16-9-5-2-6-10-16/h1-14,27H/i27+1,28+1. The number of alkyl halides is 5. The van der Waals surface area contributed by atoms with Crippen molar-refractivity contribution in [2.75, 3.05) is 5.43 Å². The molecule has 150 valence electrons. The molecule has 0 saturated heterocycles. The van der Waals surface area contributed by atoms with Crippen LogP contribution in [0.1, 0.15) is 11.1 Å². The van der Waals surface area contributed by atoms with E-state index in [0.717, 1.165) is 23.3 Å². The van der Waals surface area contributed by atoms with Crippen LogP contribution in [-0.2, 0) is 0 Å². The lowest BCUT2D eigenvalue weighted by molar-refractivity contribution is -0.360. The molecule has 0 amide bonds. The number of hydrogen-bond donors (Lipinski definition) is 1. The third-order valence-electron chi connectivity index (χ3n) is 3.82. The van der Waals surface area contributed by atoms with E-state index in [9.17, 15) is 22.0 Å². The zero-order valence-corrected chi connectivity index (χ0v) is 14.8. The molecule has 0 bridgehead atoms. The van der Waals surface area contributed by atoms with Crippen molar-refractivity contribution in [3.05, 3.63) is 96.1 Å². The van der Waals surface area contributed by atoms with Crippen LogP contribution in [0.5, 0.6) is 5.75 Å². The minimum atomic E-state index is -5.80. The Labute approximate surface area is 163 Å². The molecule has 0 atom stereocenters. The maximum absolute atomic E-state index is 13.0. The van der Waals surface area contributed by atoms with Crippen molar-refractivity contribution in [2.45, 2.75) is 12.3 Å². The van der Waals surface area contributed by atoms with Gasteiger partial charge in [0.2, 0.25) is 0 Å². The van der Waals surface area contributed by atoms with Crippen LogP contribution >= 0.6 is 0 Å². The molecular formula is C21H15F5N2O. The van der Waals surface area contributed by atoms with Crippen LogP contribution in [0, 0.1) is 0 Å². The van der Waals surface area contributed by atoms with Crippen molar-refractivity contribution < 1.29 is 26.7 Å². The van der Waals surface area contributed by atoms with Gasteiger partial charge >= 0.3 is 12.3 Å².